The molecule has 62 heavy (non-hydrogen) atoms. The number of esters is 2. The minimum absolute atomic E-state index is 0.0191. The molecule has 0 rings (SSSR count). The van der Waals surface area contributed by atoms with Crippen molar-refractivity contribution in [3.8, 4) is 0 Å². The molecule has 0 bridgehead atoms. The first-order chi connectivity index (χ1) is 30.6. The van der Waals surface area contributed by atoms with E-state index < -0.39 is 6.10 Å². The molecule has 0 aliphatic rings. The van der Waals surface area contributed by atoms with Gasteiger partial charge in [0, 0.05) is 13.0 Å². The van der Waals surface area contributed by atoms with E-state index in [-0.39, 0.29) is 31.6 Å². The predicted octanol–water partition coefficient (Wildman–Crippen LogP) is 16.1. The Hall–Kier alpha value is -4.74. The number of ether oxygens (including phenoxy) is 3. The van der Waals surface area contributed by atoms with E-state index in [2.05, 4.69) is 179 Å². The monoisotopic (exact) mass is 849 g/mol. The van der Waals surface area contributed by atoms with Crippen LogP contribution in [0.1, 0.15) is 149 Å². The summed E-state index contributed by atoms with van der Waals surface area (Å²) in [6, 6.07) is 0. The van der Waals surface area contributed by atoms with Crippen LogP contribution in [0.2, 0.25) is 0 Å². The van der Waals surface area contributed by atoms with E-state index in [1.54, 1.807) is 0 Å². The molecule has 0 aromatic rings. The van der Waals surface area contributed by atoms with Crippen molar-refractivity contribution in [1.29, 1.82) is 0 Å². The summed E-state index contributed by atoms with van der Waals surface area (Å²) in [6.45, 7) is 7.13. The van der Waals surface area contributed by atoms with E-state index in [9.17, 15) is 9.59 Å². The highest BCUT2D eigenvalue weighted by Gasteiger charge is 2.17. The second-order valence-corrected chi connectivity index (χ2v) is 14.5. The van der Waals surface area contributed by atoms with Crippen LogP contribution in [0.25, 0.3) is 0 Å². The summed E-state index contributed by atoms with van der Waals surface area (Å²) in [5.41, 5.74) is 0. The van der Waals surface area contributed by atoms with Crippen LogP contribution in [0.15, 0.2) is 170 Å². The molecule has 5 heteroatoms. The molecule has 0 saturated carbocycles. The Bertz CT molecular complexity index is 1470. The molecule has 0 radical (unpaired) electrons. The predicted molar refractivity (Wildman–Crippen MR) is 269 cm³/mol. The standard InChI is InChI=1S/C57H84O5/c1-4-7-10-13-16-19-22-25-28-29-31-32-35-38-41-44-47-50-56(58)61-54-55(53-60-52-49-46-43-40-37-34-27-24-21-18-15-12-9-6-3)62-57(59)51-48-45-42-39-36-33-30-26-23-20-17-14-11-8-5-2/h7-12,16-21,25-28,30-32,34,36,38-41,43,45,48,55H,4-6,13-15,22-24,29,33,35,37,42,44,46-47,49-54H2,1-3H3/b10-7-,11-8-,12-9-,19-16-,20-17-,21-18-,28-25-,30-26-,32-31-,34-27-,39-36-,41-38-,43-40-,48-45-. The zero-order valence-corrected chi connectivity index (χ0v) is 39.0. The average Bonchev–Trinajstić information content (AvgIpc) is 3.27. The van der Waals surface area contributed by atoms with E-state index >= 15 is 0 Å². The van der Waals surface area contributed by atoms with E-state index in [0.29, 0.717) is 19.4 Å². The fraction of sp³-hybridized carbons (Fsp3) is 0.474. The van der Waals surface area contributed by atoms with Gasteiger partial charge >= 0.3 is 11.9 Å². The Labute approximate surface area is 379 Å². The van der Waals surface area contributed by atoms with Crippen molar-refractivity contribution in [2.24, 2.45) is 0 Å². The summed E-state index contributed by atoms with van der Waals surface area (Å²) in [4.78, 5) is 25.3. The summed E-state index contributed by atoms with van der Waals surface area (Å²) in [5, 5.41) is 0. The highest BCUT2D eigenvalue weighted by Crippen LogP contribution is 2.06. The molecule has 0 saturated heterocycles. The third-order valence-corrected chi connectivity index (χ3v) is 8.76. The molecule has 0 N–H and O–H groups in total. The fourth-order valence-electron chi connectivity index (χ4n) is 5.39. The van der Waals surface area contributed by atoms with Crippen LogP contribution in [-0.4, -0.2) is 37.9 Å². The molecule has 0 fully saturated rings. The van der Waals surface area contributed by atoms with Gasteiger partial charge in [0.2, 0.25) is 0 Å². The zero-order chi connectivity index (χ0) is 44.9. The van der Waals surface area contributed by atoms with Crippen molar-refractivity contribution >= 4 is 11.9 Å². The van der Waals surface area contributed by atoms with Gasteiger partial charge in [-0.25, -0.2) is 0 Å². The minimum atomic E-state index is -0.655. The van der Waals surface area contributed by atoms with Gasteiger partial charge in [0.15, 0.2) is 6.10 Å². The van der Waals surface area contributed by atoms with Crippen molar-refractivity contribution in [2.45, 2.75) is 155 Å². The van der Waals surface area contributed by atoms with Crippen LogP contribution in [0.5, 0.6) is 0 Å². The Balaban J connectivity index is 4.62. The summed E-state index contributed by atoms with van der Waals surface area (Å²) >= 11 is 0. The normalized spacial score (nSPS) is 13.8. The van der Waals surface area contributed by atoms with Crippen molar-refractivity contribution < 1.29 is 23.8 Å². The Morgan fingerprint density at radius 1 is 0.371 bits per heavy atom. The lowest BCUT2D eigenvalue weighted by atomic mass is 10.2. The molecule has 0 aromatic heterocycles. The second kappa shape index (κ2) is 50.6. The van der Waals surface area contributed by atoms with Crippen molar-refractivity contribution in [1.82, 2.24) is 0 Å². The first-order valence-electron chi connectivity index (χ1n) is 23.7. The highest BCUT2D eigenvalue weighted by atomic mass is 16.6. The van der Waals surface area contributed by atoms with Gasteiger partial charge < -0.3 is 14.2 Å². The lowest BCUT2D eigenvalue weighted by Crippen LogP contribution is -2.29. The summed E-state index contributed by atoms with van der Waals surface area (Å²) in [5.74, 6) is -0.662. The third-order valence-electron chi connectivity index (χ3n) is 8.76. The molecule has 5 nitrogen and oxygen atoms in total. The summed E-state index contributed by atoms with van der Waals surface area (Å²) in [7, 11) is 0. The lowest BCUT2D eigenvalue weighted by Gasteiger charge is -2.18. The molecular formula is C57H84O5. The Morgan fingerprint density at radius 2 is 0.694 bits per heavy atom. The first-order valence-corrected chi connectivity index (χ1v) is 23.7. The maximum atomic E-state index is 12.7. The van der Waals surface area contributed by atoms with Crippen molar-refractivity contribution in [2.75, 3.05) is 19.8 Å². The lowest BCUT2D eigenvalue weighted by molar-refractivity contribution is -0.162. The van der Waals surface area contributed by atoms with Gasteiger partial charge in [0.1, 0.15) is 6.61 Å². The zero-order valence-electron chi connectivity index (χ0n) is 39.0. The van der Waals surface area contributed by atoms with Crippen LogP contribution in [-0.2, 0) is 23.8 Å². The van der Waals surface area contributed by atoms with Crippen LogP contribution in [0.3, 0.4) is 0 Å². The SMILES string of the molecule is CC/C=C\C/C=C\C/C=C\C/C=C\C/C=C\CCCC(=O)OCC(COCCC/C=C\C/C=C\C/C=C\C/C=C\CC)OC(=O)C/C=C\C/C=C\C/C=C\C/C=C\C/C=C\CC. The van der Waals surface area contributed by atoms with Gasteiger partial charge in [-0.05, 0) is 116 Å². The van der Waals surface area contributed by atoms with E-state index in [1.165, 1.54) is 0 Å². The Kier molecular flexibility index (Phi) is 46.7. The van der Waals surface area contributed by atoms with E-state index in [4.69, 9.17) is 14.2 Å². The highest BCUT2D eigenvalue weighted by molar-refractivity contribution is 5.71. The second-order valence-electron chi connectivity index (χ2n) is 14.5. The molecular weight excluding hydrogens is 765 g/mol. The molecule has 0 aromatic carbocycles. The van der Waals surface area contributed by atoms with Crippen LogP contribution < -0.4 is 0 Å². The number of rotatable bonds is 40. The number of carbonyl (C=O) groups is 2. The molecule has 0 amide bonds. The molecule has 1 atom stereocenters. The number of carbonyl (C=O) groups excluding carboxylic acids is 2. The number of hydrogen-bond donors (Lipinski definition) is 0. The Morgan fingerprint density at radius 3 is 1.06 bits per heavy atom. The van der Waals surface area contributed by atoms with Crippen molar-refractivity contribution in [3.05, 3.63) is 170 Å². The van der Waals surface area contributed by atoms with Gasteiger partial charge in [0.25, 0.3) is 0 Å². The largest absolute Gasteiger partial charge is 0.462 e. The van der Waals surface area contributed by atoms with Crippen LogP contribution >= 0.6 is 0 Å². The molecule has 0 aliphatic heterocycles. The van der Waals surface area contributed by atoms with Gasteiger partial charge in [-0.15, -0.1) is 0 Å². The van der Waals surface area contributed by atoms with E-state index in [1.807, 2.05) is 12.2 Å². The quantitative estimate of drug-likeness (QED) is 0.0349. The molecule has 0 heterocycles. The molecule has 0 spiro atoms. The topological polar surface area (TPSA) is 61.8 Å². The number of allylic oxidation sites excluding steroid dienone is 27. The maximum absolute atomic E-state index is 12.7. The number of unbranched alkanes of at least 4 members (excludes halogenated alkanes) is 2. The summed E-state index contributed by atoms with van der Waals surface area (Å²) < 4.78 is 17.1. The first kappa shape index (κ1) is 57.3. The van der Waals surface area contributed by atoms with Crippen molar-refractivity contribution in [3.63, 3.8) is 0 Å². The third kappa shape index (κ3) is 47.9. The average molecular weight is 849 g/mol. The molecule has 1 unspecified atom stereocenters. The summed E-state index contributed by atoms with van der Waals surface area (Å²) in [6.07, 6.45) is 76.8. The smallest absolute Gasteiger partial charge is 0.310 e. The van der Waals surface area contributed by atoms with Gasteiger partial charge in [-0.1, -0.05) is 191 Å². The minimum Gasteiger partial charge on any atom is -0.462 e. The maximum Gasteiger partial charge on any atom is 0.310 e. The van der Waals surface area contributed by atoms with E-state index in [0.717, 1.165) is 109 Å². The fourth-order valence-corrected chi connectivity index (χ4v) is 5.39. The van der Waals surface area contributed by atoms with Gasteiger partial charge in [-0.2, -0.15) is 0 Å². The van der Waals surface area contributed by atoms with Gasteiger partial charge in [-0.3, -0.25) is 9.59 Å². The van der Waals surface area contributed by atoms with Gasteiger partial charge in [0.05, 0.1) is 13.0 Å². The molecule has 342 valence electrons. The van der Waals surface area contributed by atoms with Crippen LogP contribution in [0, 0.1) is 0 Å². The van der Waals surface area contributed by atoms with Crippen LogP contribution in [0.4, 0.5) is 0 Å². The molecule has 0 aliphatic carbocycles. The number of hydrogen-bond acceptors (Lipinski definition) is 5.